The van der Waals surface area contributed by atoms with Crippen molar-refractivity contribution in [2.75, 3.05) is 19.6 Å². The summed E-state index contributed by atoms with van der Waals surface area (Å²) in [4.78, 5) is 2.59. The maximum atomic E-state index is 6.08. The van der Waals surface area contributed by atoms with Crippen LogP contribution in [0.2, 0.25) is 0 Å². The number of nitrogens with two attached hydrogens (primary N) is 1. The molecule has 1 fully saturated rings. The van der Waals surface area contributed by atoms with E-state index in [2.05, 4.69) is 32.6 Å². The van der Waals surface area contributed by atoms with Gasteiger partial charge in [-0.05, 0) is 45.6 Å². The monoisotopic (exact) mass is 256 g/mol. The molecule has 3 heteroatoms. The van der Waals surface area contributed by atoms with Gasteiger partial charge in [0.1, 0.15) is 0 Å². The average molecular weight is 256 g/mol. The minimum absolute atomic E-state index is 0.172. The number of nitrogens with zero attached hydrogens (tertiary/aromatic N) is 1. The zero-order chi connectivity index (χ0) is 13.6. The highest BCUT2D eigenvalue weighted by Gasteiger charge is 2.34. The van der Waals surface area contributed by atoms with Crippen molar-refractivity contribution < 1.29 is 4.74 Å². The molecule has 0 aromatic heterocycles. The van der Waals surface area contributed by atoms with Gasteiger partial charge in [-0.2, -0.15) is 0 Å². The van der Waals surface area contributed by atoms with Gasteiger partial charge in [-0.1, -0.05) is 20.8 Å². The van der Waals surface area contributed by atoms with E-state index in [-0.39, 0.29) is 5.54 Å². The molecule has 1 heterocycles. The maximum Gasteiger partial charge on any atom is 0.0706 e. The van der Waals surface area contributed by atoms with Gasteiger partial charge in [-0.25, -0.2) is 0 Å². The normalized spacial score (nSPS) is 25.0. The van der Waals surface area contributed by atoms with Crippen molar-refractivity contribution in [2.24, 2.45) is 5.73 Å². The van der Waals surface area contributed by atoms with Crippen molar-refractivity contribution in [3.05, 3.63) is 0 Å². The van der Waals surface area contributed by atoms with Crippen molar-refractivity contribution in [1.29, 1.82) is 0 Å². The fraction of sp³-hybridized carbons (Fsp3) is 1.00. The summed E-state index contributed by atoms with van der Waals surface area (Å²) in [7, 11) is 0. The Kier molecular flexibility index (Phi) is 6.61. The molecule has 3 nitrogen and oxygen atoms in total. The summed E-state index contributed by atoms with van der Waals surface area (Å²) < 4.78 is 5.98. The highest BCUT2D eigenvalue weighted by Crippen LogP contribution is 2.27. The molecule has 18 heavy (non-hydrogen) atoms. The van der Waals surface area contributed by atoms with Crippen LogP contribution in [0.15, 0.2) is 0 Å². The summed E-state index contributed by atoms with van der Waals surface area (Å²) in [5.74, 6) is 0. The molecule has 0 spiro atoms. The number of rotatable bonds is 8. The zero-order valence-electron chi connectivity index (χ0n) is 12.7. The molecule has 0 amide bonds. The quantitative estimate of drug-likeness (QED) is 0.726. The second-order valence-electron chi connectivity index (χ2n) is 5.73. The molecule has 1 saturated heterocycles. The van der Waals surface area contributed by atoms with Crippen LogP contribution in [-0.2, 0) is 4.74 Å². The molecular weight excluding hydrogens is 224 g/mol. The predicted octanol–water partition coefficient (Wildman–Crippen LogP) is 2.78. The van der Waals surface area contributed by atoms with E-state index < -0.39 is 0 Å². The first-order chi connectivity index (χ1) is 8.61. The van der Waals surface area contributed by atoms with Crippen LogP contribution >= 0.6 is 0 Å². The summed E-state index contributed by atoms with van der Waals surface area (Å²) in [6.07, 6.45) is 6.70. The third-order valence-electron chi connectivity index (χ3n) is 4.60. The van der Waals surface area contributed by atoms with Crippen molar-refractivity contribution in [1.82, 2.24) is 4.90 Å². The Morgan fingerprint density at radius 3 is 2.28 bits per heavy atom. The second-order valence-corrected chi connectivity index (χ2v) is 5.73. The van der Waals surface area contributed by atoms with Crippen LogP contribution in [0, 0.1) is 0 Å². The smallest absolute Gasteiger partial charge is 0.0706 e. The van der Waals surface area contributed by atoms with Crippen LogP contribution in [0.25, 0.3) is 0 Å². The Labute approximate surface area is 113 Å². The lowest BCUT2D eigenvalue weighted by atomic mass is 9.89. The first-order valence-electron chi connectivity index (χ1n) is 7.72. The van der Waals surface area contributed by atoms with Gasteiger partial charge in [0.2, 0.25) is 0 Å². The largest absolute Gasteiger partial charge is 0.374 e. The number of hydrogen-bond acceptors (Lipinski definition) is 3. The molecule has 1 aliphatic rings. The third kappa shape index (κ3) is 3.69. The number of ether oxygens (including phenoxy) is 1. The zero-order valence-corrected chi connectivity index (χ0v) is 12.7. The molecule has 0 saturated carbocycles. The maximum absolute atomic E-state index is 6.08. The molecule has 0 aliphatic carbocycles. The van der Waals surface area contributed by atoms with E-state index in [4.69, 9.17) is 10.5 Å². The van der Waals surface area contributed by atoms with E-state index in [1.165, 1.54) is 19.3 Å². The number of hydrogen-bond donors (Lipinski definition) is 1. The lowest BCUT2D eigenvalue weighted by Crippen LogP contribution is -2.55. The standard InChI is InChI=1S/C15H32N2O/c1-5-10-17(15(6-2,7-3)12-16)11-14-9-8-13(4)18-14/h13-14H,5-12,16H2,1-4H3. The van der Waals surface area contributed by atoms with Crippen LogP contribution in [0.3, 0.4) is 0 Å². The van der Waals surface area contributed by atoms with E-state index in [0.29, 0.717) is 12.2 Å². The minimum atomic E-state index is 0.172. The molecule has 0 aromatic carbocycles. The molecule has 2 N–H and O–H groups in total. The summed E-state index contributed by atoms with van der Waals surface area (Å²) in [6, 6.07) is 0. The molecule has 2 atom stereocenters. The second kappa shape index (κ2) is 7.46. The topological polar surface area (TPSA) is 38.5 Å². The van der Waals surface area contributed by atoms with Crippen molar-refractivity contribution in [3.63, 3.8) is 0 Å². The van der Waals surface area contributed by atoms with Gasteiger partial charge in [0.15, 0.2) is 0 Å². The van der Waals surface area contributed by atoms with Gasteiger partial charge in [-0.15, -0.1) is 0 Å². The highest BCUT2D eigenvalue weighted by atomic mass is 16.5. The Morgan fingerprint density at radius 1 is 1.22 bits per heavy atom. The van der Waals surface area contributed by atoms with Gasteiger partial charge in [0.25, 0.3) is 0 Å². The highest BCUT2D eigenvalue weighted by molar-refractivity contribution is 4.91. The fourth-order valence-corrected chi connectivity index (χ4v) is 3.17. The molecule has 1 aliphatic heterocycles. The van der Waals surface area contributed by atoms with Gasteiger partial charge < -0.3 is 10.5 Å². The molecule has 2 unspecified atom stereocenters. The first kappa shape index (κ1) is 15.9. The molecule has 0 bridgehead atoms. The Balaban J connectivity index is 2.67. The molecule has 108 valence electrons. The van der Waals surface area contributed by atoms with E-state index in [0.717, 1.165) is 32.5 Å². The Hall–Kier alpha value is -0.120. The van der Waals surface area contributed by atoms with E-state index >= 15 is 0 Å². The predicted molar refractivity (Wildman–Crippen MR) is 77.8 cm³/mol. The summed E-state index contributed by atoms with van der Waals surface area (Å²) >= 11 is 0. The van der Waals surface area contributed by atoms with E-state index in [1.54, 1.807) is 0 Å². The Bertz CT molecular complexity index is 220. The van der Waals surface area contributed by atoms with Gasteiger partial charge in [0, 0.05) is 18.6 Å². The first-order valence-corrected chi connectivity index (χ1v) is 7.72. The summed E-state index contributed by atoms with van der Waals surface area (Å²) in [5, 5.41) is 0. The molecule has 0 aromatic rings. The van der Waals surface area contributed by atoms with Gasteiger partial charge in [0.05, 0.1) is 12.2 Å². The average Bonchev–Trinajstić information content (AvgIpc) is 2.78. The molecular formula is C15H32N2O. The third-order valence-corrected chi connectivity index (χ3v) is 4.60. The van der Waals surface area contributed by atoms with Crippen LogP contribution in [0.5, 0.6) is 0 Å². The van der Waals surface area contributed by atoms with Gasteiger partial charge >= 0.3 is 0 Å². The van der Waals surface area contributed by atoms with Crippen molar-refractivity contribution >= 4 is 0 Å². The molecule has 0 radical (unpaired) electrons. The fourth-order valence-electron chi connectivity index (χ4n) is 3.17. The van der Waals surface area contributed by atoms with E-state index in [1.807, 2.05) is 0 Å². The Morgan fingerprint density at radius 2 is 1.89 bits per heavy atom. The SMILES string of the molecule is CCCN(CC1CCC(C)O1)C(CC)(CC)CN. The van der Waals surface area contributed by atoms with Crippen LogP contribution < -0.4 is 5.73 Å². The van der Waals surface area contributed by atoms with Crippen molar-refractivity contribution in [2.45, 2.75) is 77.5 Å². The lowest BCUT2D eigenvalue weighted by molar-refractivity contribution is -0.00493. The van der Waals surface area contributed by atoms with Gasteiger partial charge in [-0.3, -0.25) is 4.90 Å². The van der Waals surface area contributed by atoms with Crippen LogP contribution in [0.1, 0.15) is 59.8 Å². The lowest BCUT2D eigenvalue weighted by Gasteiger charge is -2.43. The van der Waals surface area contributed by atoms with E-state index in [9.17, 15) is 0 Å². The minimum Gasteiger partial charge on any atom is -0.374 e. The molecule has 1 rings (SSSR count). The van der Waals surface area contributed by atoms with Crippen LogP contribution in [-0.4, -0.2) is 42.3 Å². The van der Waals surface area contributed by atoms with Crippen LogP contribution in [0.4, 0.5) is 0 Å². The summed E-state index contributed by atoms with van der Waals surface area (Å²) in [6.45, 7) is 11.9. The summed E-state index contributed by atoms with van der Waals surface area (Å²) in [5.41, 5.74) is 6.25. The van der Waals surface area contributed by atoms with Crippen molar-refractivity contribution in [3.8, 4) is 0 Å².